The van der Waals surface area contributed by atoms with Crippen LogP contribution in [0, 0.1) is 20.2 Å². The minimum absolute atomic E-state index is 0.0766. The molecule has 0 aliphatic heterocycles. The Bertz CT molecular complexity index is 2500. The number of nitro benzene ring substituents is 2. The molecule has 7 aromatic rings. The Morgan fingerprint density at radius 2 is 1.26 bits per heavy atom. The number of benzene rings is 6. The predicted octanol–water partition coefficient (Wildman–Crippen LogP) is 9.52. The molecule has 1 heterocycles. The summed E-state index contributed by atoms with van der Waals surface area (Å²) in [5, 5.41) is 35.4. The SMILES string of the molecule is O=C(O)C(Cc1ccccc1)N(C(=O)c1ccc([N+](=O)[O-])cc1)c1ccc(-c2ccc(-c3c(Cc4ccccc4)oc4ccccc34)cc2)cc1[N+](=O)[O-]. The number of para-hydroxylation sites is 1. The van der Waals surface area contributed by atoms with E-state index in [9.17, 15) is 34.9 Å². The first kappa shape index (κ1) is 35.0. The molecule has 0 spiro atoms. The summed E-state index contributed by atoms with van der Waals surface area (Å²) in [6, 6.07) is 41.3. The van der Waals surface area contributed by atoms with Gasteiger partial charge in [0, 0.05) is 47.6 Å². The maximum Gasteiger partial charge on any atom is 0.327 e. The highest BCUT2D eigenvalue weighted by Gasteiger charge is 2.36. The van der Waals surface area contributed by atoms with Crippen molar-refractivity contribution in [2.75, 3.05) is 4.90 Å². The number of anilines is 1. The predicted molar refractivity (Wildman–Crippen MR) is 204 cm³/mol. The summed E-state index contributed by atoms with van der Waals surface area (Å²) in [6.07, 6.45) is 0.418. The van der Waals surface area contributed by atoms with Gasteiger partial charge < -0.3 is 9.52 Å². The summed E-state index contributed by atoms with van der Waals surface area (Å²) in [5.74, 6) is -1.45. The largest absolute Gasteiger partial charge is 0.480 e. The van der Waals surface area contributed by atoms with Crippen LogP contribution in [-0.2, 0) is 17.6 Å². The smallest absolute Gasteiger partial charge is 0.327 e. The van der Waals surface area contributed by atoms with Gasteiger partial charge in [0.25, 0.3) is 17.3 Å². The Hall–Kier alpha value is -7.40. The highest BCUT2D eigenvalue weighted by molar-refractivity contribution is 6.10. The summed E-state index contributed by atoms with van der Waals surface area (Å²) < 4.78 is 6.31. The molecule has 0 radical (unpaired) electrons. The van der Waals surface area contributed by atoms with Crippen molar-refractivity contribution in [2.24, 2.45) is 0 Å². The van der Waals surface area contributed by atoms with E-state index in [-0.39, 0.29) is 23.4 Å². The van der Waals surface area contributed by atoms with E-state index in [2.05, 4.69) is 0 Å². The van der Waals surface area contributed by atoms with Crippen molar-refractivity contribution >= 4 is 39.9 Å². The summed E-state index contributed by atoms with van der Waals surface area (Å²) in [6.45, 7) is 0. The van der Waals surface area contributed by atoms with Crippen molar-refractivity contribution in [1.29, 1.82) is 0 Å². The Morgan fingerprint density at radius 1 is 0.667 bits per heavy atom. The van der Waals surface area contributed by atoms with Gasteiger partial charge in [-0.2, -0.15) is 0 Å². The van der Waals surface area contributed by atoms with Crippen LogP contribution >= 0.6 is 0 Å². The fraction of sp³-hybridized carbons (Fsp3) is 0.0698. The Morgan fingerprint density at radius 3 is 1.89 bits per heavy atom. The Labute approximate surface area is 308 Å². The second-order valence-corrected chi connectivity index (χ2v) is 12.6. The third kappa shape index (κ3) is 7.19. The van der Waals surface area contributed by atoms with E-state index in [0.29, 0.717) is 23.1 Å². The average Bonchev–Trinajstić information content (AvgIpc) is 3.56. The summed E-state index contributed by atoms with van der Waals surface area (Å²) in [5.41, 5.74) is 4.33. The number of carbonyl (C=O) groups is 2. The van der Waals surface area contributed by atoms with Gasteiger partial charge in [-0.1, -0.05) is 109 Å². The van der Waals surface area contributed by atoms with E-state index >= 15 is 0 Å². The van der Waals surface area contributed by atoms with Crippen LogP contribution in [0.25, 0.3) is 33.2 Å². The molecule has 6 aromatic carbocycles. The molecule has 1 unspecified atom stereocenters. The second-order valence-electron chi connectivity index (χ2n) is 12.6. The molecule has 54 heavy (non-hydrogen) atoms. The van der Waals surface area contributed by atoms with E-state index in [4.69, 9.17) is 4.42 Å². The molecule has 0 bridgehead atoms. The lowest BCUT2D eigenvalue weighted by molar-refractivity contribution is -0.384. The zero-order valence-electron chi connectivity index (χ0n) is 28.6. The third-order valence-corrected chi connectivity index (χ3v) is 9.23. The lowest BCUT2D eigenvalue weighted by Crippen LogP contribution is -2.47. The maximum atomic E-state index is 14.1. The number of hydrogen-bond donors (Lipinski definition) is 1. The molecule has 7 rings (SSSR count). The molecule has 0 saturated carbocycles. The van der Waals surface area contributed by atoms with Crippen molar-refractivity contribution in [2.45, 2.75) is 18.9 Å². The monoisotopic (exact) mass is 717 g/mol. The van der Waals surface area contributed by atoms with Crippen LogP contribution < -0.4 is 4.90 Å². The molecule has 1 N–H and O–H groups in total. The van der Waals surface area contributed by atoms with Gasteiger partial charge in [0.05, 0.1) is 9.85 Å². The standard InChI is InChI=1S/C43H31N3O8/c47-42(32-19-22-34(23-20-32)45(50)51)44(38(43(48)49)25-28-9-3-1-4-10-28)36-24-21-33(27-37(36)46(52)53)30-15-17-31(18-16-30)41-35-13-7-8-14-39(35)54-40(41)26-29-11-5-2-6-12-29/h1-24,27,38H,25-26H2,(H,48,49). The van der Waals surface area contributed by atoms with E-state index in [1.165, 1.54) is 24.3 Å². The number of fused-ring (bicyclic) bond motifs is 1. The van der Waals surface area contributed by atoms with Crippen LogP contribution in [0.5, 0.6) is 0 Å². The number of hydrogen-bond acceptors (Lipinski definition) is 7. The molecule has 1 atom stereocenters. The van der Waals surface area contributed by atoms with Gasteiger partial charge in [0.1, 0.15) is 23.1 Å². The minimum atomic E-state index is -1.56. The quantitative estimate of drug-likeness (QED) is 0.0967. The van der Waals surface area contributed by atoms with Crippen molar-refractivity contribution in [1.82, 2.24) is 0 Å². The molecular weight excluding hydrogens is 686 g/mol. The maximum absolute atomic E-state index is 14.1. The molecule has 266 valence electrons. The summed E-state index contributed by atoms with van der Waals surface area (Å²) in [4.78, 5) is 50.6. The number of nitrogens with zero attached hydrogens (tertiary/aromatic N) is 3. The Kier molecular flexibility index (Phi) is 9.77. The van der Waals surface area contributed by atoms with Crippen molar-refractivity contribution in [3.8, 4) is 22.3 Å². The van der Waals surface area contributed by atoms with Crippen LogP contribution in [-0.4, -0.2) is 32.9 Å². The van der Waals surface area contributed by atoms with Crippen molar-refractivity contribution < 1.29 is 29.0 Å². The molecule has 0 aliphatic carbocycles. The molecule has 0 saturated heterocycles. The first-order valence-electron chi connectivity index (χ1n) is 17.0. The van der Waals surface area contributed by atoms with Gasteiger partial charge in [0.2, 0.25) is 0 Å². The van der Waals surface area contributed by atoms with Crippen LogP contribution in [0.2, 0.25) is 0 Å². The normalized spacial score (nSPS) is 11.6. The van der Waals surface area contributed by atoms with Gasteiger partial charge in [-0.15, -0.1) is 0 Å². The molecule has 11 heteroatoms. The van der Waals surface area contributed by atoms with Gasteiger partial charge in [-0.05, 0) is 52.1 Å². The van der Waals surface area contributed by atoms with Gasteiger partial charge in [0.15, 0.2) is 0 Å². The van der Waals surface area contributed by atoms with E-state index in [1.807, 2.05) is 78.9 Å². The number of carboxylic acid groups (broad SMARTS) is 1. The first-order chi connectivity index (χ1) is 26.2. The second kappa shape index (κ2) is 15.1. The molecule has 0 aliphatic rings. The number of carboxylic acids is 1. The number of aliphatic carboxylic acids is 1. The number of nitro groups is 2. The third-order valence-electron chi connectivity index (χ3n) is 9.23. The van der Waals surface area contributed by atoms with Gasteiger partial charge in [-0.25, -0.2) is 4.79 Å². The highest BCUT2D eigenvalue weighted by atomic mass is 16.6. The number of furan rings is 1. The average molecular weight is 718 g/mol. The van der Waals surface area contributed by atoms with E-state index in [0.717, 1.165) is 50.5 Å². The fourth-order valence-corrected chi connectivity index (χ4v) is 6.61. The minimum Gasteiger partial charge on any atom is -0.480 e. The van der Waals surface area contributed by atoms with Crippen LogP contribution in [0.1, 0.15) is 27.2 Å². The molecule has 1 amide bonds. The molecule has 11 nitrogen and oxygen atoms in total. The first-order valence-corrected chi connectivity index (χ1v) is 17.0. The van der Waals surface area contributed by atoms with E-state index < -0.39 is 33.5 Å². The number of amides is 1. The van der Waals surface area contributed by atoms with Gasteiger partial charge in [-0.3, -0.25) is 29.9 Å². The van der Waals surface area contributed by atoms with Gasteiger partial charge >= 0.3 is 5.97 Å². The lowest BCUT2D eigenvalue weighted by atomic mass is 9.96. The zero-order chi connectivity index (χ0) is 37.8. The lowest BCUT2D eigenvalue weighted by Gasteiger charge is -2.29. The molecular formula is C43H31N3O8. The number of non-ortho nitro benzene ring substituents is 1. The summed E-state index contributed by atoms with van der Waals surface area (Å²) in [7, 11) is 0. The zero-order valence-corrected chi connectivity index (χ0v) is 28.6. The Balaban J connectivity index is 1.28. The van der Waals surface area contributed by atoms with Crippen LogP contribution in [0.3, 0.4) is 0 Å². The molecule has 0 fully saturated rings. The summed E-state index contributed by atoms with van der Waals surface area (Å²) >= 11 is 0. The van der Waals surface area contributed by atoms with Crippen molar-refractivity contribution in [3.05, 3.63) is 194 Å². The topological polar surface area (TPSA) is 157 Å². The highest BCUT2D eigenvalue weighted by Crippen LogP contribution is 2.39. The van der Waals surface area contributed by atoms with Crippen LogP contribution in [0.4, 0.5) is 17.1 Å². The van der Waals surface area contributed by atoms with E-state index in [1.54, 1.807) is 36.4 Å². The number of carbonyl (C=O) groups excluding carboxylic acids is 1. The number of rotatable bonds is 12. The van der Waals surface area contributed by atoms with Crippen LogP contribution in [0.15, 0.2) is 156 Å². The van der Waals surface area contributed by atoms with Crippen molar-refractivity contribution in [3.63, 3.8) is 0 Å². The molecule has 1 aromatic heterocycles. The fourth-order valence-electron chi connectivity index (χ4n) is 6.61.